The normalized spacial score (nSPS) is 15.2. The fraction of sp³-hybridized carbons (Fsp3) is 0.462. The summed E-state index contributed by atoms with van der Waals surface area (Å²) in [7, 11) is 0. The molecule has 1 aromatic rings. The lowest BCUT2D eigenvalue weighted by Gasteiger charge is -2.21. The van der Waals surface area contributed by atoms with Crippen LogP contribution in [0.4, 0.5) is 10.5 Å². The third kappa shape index (κ3) is 2.18. The number of benzene rings is 1. The molecule has 1 aliphatic heterocycles. The van der Waals surface area contributed by atoms with Crippen LogP contribution < -0.4 is 4.90 Å². The predicted octanol–water partition coefficient (Wildman–Crippen LogP) is 2.99. The number of carbonyl (C=O) groups excluding carboxylic acids is 1. The Morgan fingerprint density at radius 3 is 3.00 bits per heavy atom. The minimum atomic E-state index is -0.225. The van der Waals surface area contributed by atoms with Crippen LogP contribution in [0.5, 0.6) is 0 Å². The van der Waals surface area contributed by atoms with E-state index in [0.717, 1.165) is 31.5 Å². The van der Waals surface area contributed by atoms with Gasteiger partial charge in [0.05, 0.1) is 12.3 Å². The van der Waals surface area contributed by atoms with Crippen molar-refractivity contribution < 1.29 is 9.53 Å². The monoisotopic (exact) mass is 219 g/mol. The third-order valence-electron chi connectivity index (χ3n) is 2.85. The van der Waals surface area contributed by atoms with Crippen molar-refractivity contribution in [2.45, 2.75) is 26.2 Å². The lowest BCUT2D eigenvalue weighted by Crippen LogP contribution is -2.32. The lowest BCUT2D eigenvalue weighted by molar-refractivity contribution is 0.159. The van der Waals surface area contributed by atoms with Crippen LogP contribution in [-0.4, -0.2) is 19.2 Å². The van der Waals surface area contributed by atoms with Crippen LogP contribution in [0.2, 0.25) is 0 Å². The van der Waals surface area contributed by atoms with Crippen LogP contribution >= 0.6 is 0 Å². The first-order valence-electron chi connectivity index (χ1n) is 5.85. The molecule has 16 heavy (non-hydrogen) atoms. The van der Waals surface area contributed by atoms with Crippen molar-refractivity contribution in [1.82, 2.24) is 0 Å². The molecule has 0 atom stereocenters. The molecule has 0 unspecified atom stereocenters. The highest BCUT2D eigenvalue weighted by atomic mass is 16.6. The number of ether oxygens (including phenoxy) is 1. The maximum Gasteiger partial charge on any atom is 0.414 e. The zero-order valence-corrected chi connectivity index (χ0v) is 9.61. The van der Waals surface area contributed by atoms with Crippen LogP contribution in [0.1, 0.15) is 25.3 Å². The Bertz CT molecular complexity index is 376. The summed E-state index contributed by atoms with van der Waals surface area (Å²) < 4.78 is 5.08. The van der Waals surface area contributed by atoms with Crippen molar-refractivity contribution in [1.29, 1.82) is 0 Å². The van der Waals surface area contributed by atoms with Gasteiger partial charge in [-0.05, 0) is 37.8 Å². The van der Waals surface area contributed by atoms with Crippen molar-refractivity contribution >= 4 is 11.8 Å². The highest BCUT2D eigenvalue weighted by molar-refractivity contribution is 5.88. The van der Waals surface area contributed by atoms with E-state index in [4.69, 9.17) is 4.74 Å². The van der Waals surface area contributed by atoms with Gasteiger partial charge in [-0.15, -0.1) is 0 Å². The van der Waals surface area contributed by atoms with Gasteiger partial charge in [-0.2, -0.15) is 0 Å². The summed E-state index contributed by atoms with van der Waals surface area (Å²) in [5.74, 6) is 0. The number of hydrogen-bond acceptors (Lipinski definition) is 2. The molecule has 1 heterocycles. The van der Waals surface area contributed by atoms with Gasteiger partial charge in [0, 0.05) is 6.54 Å². The number of rotatable bonds is 1. The standard InChI is InChI=1S/C13H17NO2/c1-2-16-13(15)14-10-6-5-8-11-7-3-4-9-12(11)14/h3-4,7,9H,2,5-6,8,10H2,1H3. The minimum Gasteiger partial charge on any atom is -0.449 e. The molecule has 1 aliphatic rings. The summed E-state index contributed by atoms with van der Waals surface area (Å²) in [4.78, 5) is 13.6. The number of amides is 1. The second-order valence-electron chi connectivity index (χ2n) is 3.94. The molecule has 0 spiro atoms. The average molecular weight is 219 g/mol. The summed E-state index contributed by atoms with van der Waals surface area (Å²) in [6.07, 6.45) is 2.99. The number of anilines is 1. The van der Waals surface area contributed by atoms with Gasteiger partial charge in [-0.1, -0.05) is 18.2 Å². The van der Waals surface area contributed by atoms with E-state index in [1.165, 1.54) is 5.56 Å². The fourth-order valence-electron chi connectivity index (χ4n) is 2.08. The second kappa shape index (κ2) is 5.01. The molecule has 3 heteroatoms. The molecule has 0 radical (unpaired) electrons. The molecule has 0 aromatic heterocycles. The van der Waals surface area contributed by atoms with Crippen LogP contribution in [0, 0.1) is 0 Å². The Morgan fingerprint density at radius 1 is 1.38 bits per heavy atom. The van der Waals surface area contributed by atoms with Gasteiger partial charge < -0.3 is 4.74 Å². The van der Waals surface area contributed by atoms with Crippen molar-refractivity contribution in [2.75, 3.05) is 18.1 Å². The van der Waals surface area contributed by atoms with Gasteiger partial charge in [0.1, 0.15) is 0 Å². The number of carbonyl (C=O) groups is 1. The molecule has 1 aromatic carbocycles. The van der Waals surface area contributed by atoms with Crippen molar-refractivity contribution in [2.24, 2.45) is 0 Å². The SMILES string of the molecule is CCOC(=O)N1CCCCc2ccccc21. The zero-order chi connectivity index (χ0) is 11.4. The molecule has 0 N–H and O–H groups in total. The van der Waals surface area contributed by atoms with E-state index in [0.29, 0.717) is 6.61 Å². The minimum absolute atomic E-state index is 0.225. The summed E-state index contributed by atoms with van der Waals surface area (Å²) in [6.45, 7) is 3.02. The molecule has 0 bridgehead atoms. The van der Waals surface area contributed by atoms with Crippen LogP contribution in [-0.2, 0) is 11.2 Å². The first-order chi connectivity index (χ1) is 7.83. The highest BCUT2D eigenvalue weighted by Gasteiger charge is 2.21. The maximum absolute atomic E-state index is 11.8. The molecule has 86 valence electrons. The van der Waals surface area contributed by atoms with E-state index in [1.807, 2.05) is 25.1 Å². The van der Waals surface area contributed by atoms with E-state index in [9.17, 15) is 4.79 Å². The second-order valence-corrected chi connectivity index (χ2v) is 3.94. The molecule has 0 saturated heterocycles. The van der Waals surface area contributed by atoms with E-state index in [-0.39, 0.29) is 6.09 Å². The molecule has 0 aliphatic carbocycles. The van der Waals surface area contributed by atoms with Gasteiger partial charge >= 0.3 is 6.09 Å². The van der Waals surface area contributed by atoms with E-state index in [2.05, 4.69) is 6.07 Å². The fourth-order valence-corrected chi connectivity index (χ4v) is 2.08. The molecular weight excluding hydrogens is 202 g/mol. The van der Waals surface area contributed by atoms with Gasteiger partial charge in [0.15, 0.2) is 0 Å². The van der Waals surface area contributed by atoms with Gasteiger partial charge in [-0.25, -0.2) is 4.79 Å². The number of aryl methyl sites for hydroxylation is 1. The Kier molecular flexibility index (Phi) is 3.44. The third-order valence-corrected chi connectivity index (χ3v) is 2.85. The largest absolute Gasteiger partial charge is 0.449 e. The van der Waals surface area contributed by atoms with Crippen LogP contribution in [0.15, 0.2) is 24.3 Å². The highest BCUT2D eigenvalue weighted by Crippen LogP contribution is 2.26. The summed E-state index contributed by atoms with van der Waals surface area (Å²) in [5, 5.41) is 0. The molecule has 3 nitrogen and oxygen atoms in total. The van der Waals surface area contributed by atoms with Gasteiger partial charge in [0.2, 0.25) is 0 Å². The Balaban J connectivity index is 2.28. The van der Waals surface area contributed by atoms with Gasteiger partial charge in [-0.3, -0.25) is 4.90 Å². The number of para-hydroxylation sites is 1. The van der Waals surface area contributed by atoms with E-state index < -0.39 is 0 Å². The quantitative estimate of drug-likeness (QED) is 0.726. The van der Waals surface area contributed by atoms with E-state index in [1.54, 1.807) is 4.90 Å². The average Bonchev–Trinajstić information content (AvgIpc) is 2.51. The predicted molar refractivity (Wildman–Crippen MR) is 63.7 cm³/mol. The summed E-state index contributed by atoms with van der Waals surface area (Å²) in [6, 6.07) is 8.08. The Hall–Kier alpha value is -1.51. The molecule has 1 amide bonds. The van der Waals surface area contributed by atoms with Crippen molar-refractivity contribution in [3.05, 3.63) is 29.8 Å². The van der Waals surface area contributed by atoms with Crippen LogP contribution in [0.3, 0.4) is 0 Å². The number of fused-ring (bicyclic) bond motifs is 1. The molecule has 2 rings (SSSR count). The van der Waals surface area contributed by atoms with Crippen LogP contribution in [0.25, 0.3) is 0 Å². The lowest BCUT2D eigenvalue weighted by atomic mass is 10.1. The Morgan fingerprint density at radius 2 is 2.19 bits per heavy atom. The zero-order valence-electron chi connectivity index (χ0n) is 9.61. The molecule has 0 fully saturated rings. The van der Waals surface area contributed by atoms with Gasteiger partial charge in [0.25, 0.3) is 0 Å². The summed E-state index contributed by atoms with van der Waals surface area (Å²) >= 11 is 0. The summed E-state index contributed by atoms with van der Waals surface area (Å²) in [5.41, 5.74) is 2.26. The number of nitrogens with zero attached hydrogens (tertiary/aromatic N) is 1. The first-order valence-corrected chi connectivity index (χ1v) is 5.85. The molecular formula is C13H17NO2. The number of hydrogen-bond donors (Lipinski definition) is 0. The maximum atomic E-state index is 11.8. The van der Waals surface area contributed by atoms with E-state index >= 15 is 0 Å². The molecule has 0 saturated carbocycles. The smallest absolute Gasteiger partial charge is 0.414 e. The van der Waals surface area contributed by atoms with Crippen molar-refractivity contribution in [3.8, 4) is 0 Å². The Labute approximate surface area is 96.0 Å². The topological polar surface area (TPSA) is 29.5 Å². The van der Waals surface area contributed by atoms with Crippen molar-refractivity contribution in [3.63, 3.8) is 0 Å². The first kappa shape index (κ1) is 11.0.